The zero-order chi connectivity index (χ0) is 9.84. The second kappa shape index (κ2) is 4.30. The largest absolute Gasteiger partial charge is 0.394 e. The highest BCUT2D eigenvalue weighted by atomic mass is 16.3. The first-order valence-corrected chi connectivity index (χ1v) is 4.33. The van der Waals surface area contributed by atoms with E-state index in [4.69, 9.17) is 10.8 Å². The van der Waals surface area contributed by atoms with Gasteiger partial charge >= 0.3 is 0 Å². The van der Waals surface area contributed by atoms with Crippen LogP contribution in [0.4, 0.5) is 0 Å². The van der Waals surface area contributed by atoms with Crippen LogP contribution in [-0.2, 0) is 0 Å². The van der Waals surface area contributed by atoms with Crippen molar-refractivity contribution in [3.05, 3.63) is 23.8 Å². The fraction of sp³-hybridized carbons (Fsp3) is 0.556. The molecule has 72 valence electrons. The predicted octanol–water partition coefficient (Wildman–Crippen LogP) is 0.592. The van der Waals surface area contributed by atoms with E-state index in [9.17, 15) is 0 Å². The number of aromatic nitrogens is 2. The van der Waals surface area contributed by atoms with Crippen molar-refractivity contribution >= 4 is 0 Å². The van der Waals surface area contributed by atoms with Gasteiger partial charge in [-0.15, -0.1) is 0 Å². The van der Waals surface area contributed by atoms with Crippen LogP contribution in [0.15, 0.2) is 12.4 Å². The fourth-order valence-corrected chi connectivity index (χ4v) is 1.00. The van der Waals surface area contributed by atoms with Crippen LogP contribution in [0.25, 0.3) is 0 Å². The van der Waals surface area contributed by atoms with E-state index in [0.29, 0.717) is 11.6 Å². The molecule has 0 fully saturated rings. The molecule has 0 bridgehead atoms. The van der Waals surface area contributed by atoms with Gasteiger partial charge < -0.3 is 10.8 Å². The third-order valence-electron chi connectivity index (χ3n) is 1.88. The molecule has 0 spiro atoms. The highest BCUT2D eigenvalue weighted by Gasteiger charge is 2.08. The molecule has 0 saturated heterocycles. The molecule has 0 aliphatic heterocycles. The summed E-state index contributed by atoms with van der Waals surface area (Å²) >= 11 is 0. The Bertz CT molecular complexity index is 275. The van der Waals surface area contributed by atoms with E-state index >= 15 is 0 Å². The first-order chi connectivity index (χ1) is 6.15. The van der Waals surface area contributed by atoms with Gasteiger partial charge in [0.25, 0.3) is 0 Å². The van der Waals surface area contributed by atoms with Crippen LogP contribution in [0.1, 0.15) is 37.2 Å². The predicted molar refractivity (Wildman–Crippen MR) is 50.1 cm³/mol. The summed E-state index contributed by atoms with van der Waals surface area (Å²) in [6.45, 7) is 4.02. The van der Waals surface area contributed by atoms with E-state index in [1.807, 2.05) is 6.07 Å². The molecule has 1 aromatic rings. The molecule has 0 radical (unpaired) electrons. The van der Waals surface area contributed by atoms with Gasteiger partial charge in [0, 0.05) is 5.69 Å². The third kappa shape index (κ3) is 2.47. The minimum atomic E-state index is -0.402. The minimum Gasteiger partial charge on any atom is -0.394 e. The van der Waals surface area contributed by atoms with Gasteiger partial charge in [-0.05, 0) is 12.0 Å². The van der Waals surface area contributed by atoms with Crippen LogP contribution in [0.3, 0.4) is 0 Å². The maximum absolute atomic E-state index is 8.83. The van der Waals surface area contributed by atoms with E-state index in [0.717, 1.165) is 5.69 Å². The van der Waals surface area contributed by atoms with Gasteiger partial charge in [-0.1, -0.05) is 13.8 Å². The van der Waals surface area contributed by atoms with Crippen LogP contribution >= 0.6 is 0 Å². The number of nitrogens with zero attached hydrogens (tertiary/aromatic N) is 2. The van der Waals surface area contributed by atoms with Crippen molar-refractivity contribution in [2.75, 3.05) is 6.61 Å². The highest BCUT2D eigenvalue weighted by molar-refractivity contribution is 5.14. The molecule has 4 nitrogen and oxygen atoms in total. The quantitative estimate of drug-likeness (QED) is 0.716. The Morgan fingerprint density at radius 3 is 2.54 bits per heavy atom. The van der Waals surface area contributed by atoms with Crippen molar-refractivity contribution in [3.63, 3.8) is 0 Å². The Morgan fingerprint density at radius 2 is 2.00 bits per heavy atom. The van der Waals surface area contributed by atoms with Crippen LogP contribution < -0.4 is 5.73 Å². The van der Waals surface area contributed by atoms with E-state index < -0.39 is 6.04 Å². The van der Waals surface area contributed by atoms with E-state index in [1.165, 1.54) is 6.33 Å². The number of hydrogen-bond donors (Lipinski definition) is 2. The Hall–Kier alpha value is -1.00. The van der Waals surface area contributed by atoms with Crippen molar-refractivity contribution in [1.82, 2.24) is 9.97 Å². The van der Waals surface area contributed by atoms with Crippen molar-refractivity contribution in [3.8, 4) is 0 Å². The van der Waals surface area contributed by atoms with E-state index in [1.54, 1.807) is 0 Å². The molecule has 1 unspecified atom stereocenters. The Labute approximate surface area is 77.8 Å². The smallest absolute Gasteiger partial charge is 0.116 e. The summed E-state index contributed by atoms with van der Waals surface area (Å²) in [7, 11) is 0. The van der Waals surface area contributed by atoms with Crippen LogP contribution in [0.5, 0.6) is 0 Å². The summed E-state index contributed by atoms with van der Waals surface area (Å²) in [5.74, 6) is 0.354. The molecular weight excluding hydrogens is 166 g/mol. The lowest BCUT2D eigenvalue weighted by atomic mass is 10.1. The van der Waals surface area contributed by atoms with Gasteiger partial charge in [0.2, 0.25) is 0 Å². The first kappa shape index (κ1) is 10.1. The average Bonchev–Trinajstić information content (AvgIpc) is 2.17. The van der Waals surface area contributed by atoms with Crippen molar-refractivity contribution in [2.45, 2.75) is 25.8 Å². The highest BCUT2D eigenvalue weighted by Crippen LogP contribution is 2.13. The number of hydrogen-bond acceptors (Lipinski definition) is 4. The molecule has 0 aromatic carbocycles. The molecule has 1 heterocycles. The van der Waals surface area contributed by atoms with Crippen LogP contribution in [0.2, 0.25) is 0 Å². The summed E-state index contributed by atoms with van der Waals surface area (Å²) < 4.78 is 0. The number of aliphatic hydroxyl groups excluding tert-OH is 1. The molecular formula is C9H15N3O. The molecule has 1 rings (SSSR count). The molecule has 3 N–H and O–H groups in total. The monoisotopic (exact) mass is 181 g/mol. The summed E-state index contributed by atoms with van der Waals surface area (Å²) in [5, 5.41) is 8.83. The normalized spacial score (nSPS) is 13.3. The third-order valence-corrected chi connectivity index (χ3v) is 1.88. The number of nitrogens with two attached hydrogens (primary N) is 1. The zero-order valence-corrected chi connectivity index (χ0v) is 7.94. The lowest BCUT2D eigenvalue weighted by Crippen LogP contribution is -2.16. The second-order valence-corrected chi connectivity index (χ2v) is 3.31. The second-order valence-electron chi connectivity index (χ2n) is 3.31. The Morgan fingerprint density at radius 1 is 1.38 bits per heavy atom. The molecule has 0 saturated carbocycles. The average molecular weight is 181 g/mol. The topological polar surface area (TPSA) is 72.0 Å². The van der Waals surface area contributed by atoms with Crippen LogP contribution in [-0.4, -0.2) is 21.7 Å². The van der Waals surface area contributed by atoms with Crippen LogP contribution in [0, 0.1) is 0 Å². The Balaban J connectivity index is 2.91. The first-order valence-electron chi connectivity index (χ1n) is 4.33. The van der Waals surface area contributed by atoms with Gasteiger partial charge in [0.05, 0.1) is 18.3 Å². The maximum atomic E-state index is 8.83. The van der Waals surface area contributed by atoms with Gasteiger partial charge in [-0.3, -0.25) is 0 Å². The summed E-state index contributed by atoms with van der Waals surface area (Å²) in [5.41, 5.74) is 7.27. The van der Waals surface area contributed by atoms with Gasteiger partial charge in [0.1, 0.15) is 6.33 Å². The lowest BCUT2D eigenvalue weighted by molar-refractivity contribution is 0.265. The van der Waals surface area contributed by atoms with E-state index in [2.05, 4.69) is 23.8 Å². The molecule has 1 aromatic heterocycles. The standard InChI is InChI=1S/C9H15N3O/c1-6(2)8-3-9(7(10)4-13)12-5-11-8/h3,5-7,13H,4,10H2,1-2H3. The van der Waals surface area contributed by atoms with E-state index in [-0.39, 0.29) is 6.61 Å². The maximum Gasteiger partial charge on any atom is 0.116 e. The summed E-state index contributed by atoms with van der Waals surface area (Å²) in [6.07, 6.45) is 1.49. The Kier molecular flexibility index (Phi) is 3.33. The van der Waals surface area contributed by atoms with Gasteiger partial charge in [-0.2, -0.15) is 0 Å². The molecule has 0 aliphatic rings. The lowest BCUT2D eigenvalue weighted by Gasteiger charge is -2.09. The summed E-state index contributed by atoms with van der Waals surface area (Å²) in [6, 6.07) is 1.44. The number of rotatable bonds is 3. The minimum absolute atomic E-state index is 0.0887. The molecule has 0 aliphatic carbocycles. The molecule has 1 atom stereocenters. The molecule has 13 heavy (non-hydrogen) atoms. The van der Waals surface area contributed by atoms with Crippen molar-refractivity contribution in [2.24, 2.45) is 5.73 Å². The SMILES string of the molecule is CC(C)c1cc(C(N)CO)ncn1. The molecule has 0 amide bonds. The van der Waals surface area contributed by atoms with Gasteiger partial charge in [0.15, 0.2) is 0 Å². The van der Waals surface area contributed by atoms with Gasteiger partial charge in [-0.25, -0.2) is 9.97 Å². The van der Waals surface area contributed by atoms with Crippen molar-refractivity contribution < 1.29 is 5.11 Å². The summed E-state index contributed by atoms with van der Waals surface area (Å²) in [4.78, 5) is 8.10. The number of aliphatic hydroxyl groups is 1. The zero-order valence-electron chi connectivity index (χ0n) is 7.94. The molecule has 4 heteroatoms. The van der Waals surface area contributed by atoms with Crippen molar-refractivity contribution in [1.29, 1.82) is 0 Å². The fourth-order valence-electron chi connectivity index (χ4n) is 1.00.